The van der Waals surface area contributed by atoms with Crippen LogP contribution < -0.4 is 5.32 Å². The smallest absolute Gasteiger partial charge is 0.312 e. The van der Waals surface area contributed by atoms with Crippen molar-refractivity contribution in [2.75, 3.05) is 5.32 Å². The first-order chi connectivity index (χ1) is 11.1. The predicted molar refractivity (Wildman–Crippen MR) is 92.3 cm³/mol. The highest BCUT2D eigenvalue weighted by Gasteiger charge is 2.27. The van der Waals surface area contributed by atoms with Crippen molar-refractivity contribution in [3.63, 3.8) is 0 Å². The van der Waals surface area contributed by atoms with Crippen molar-refractivity contribution >= 4 is 17.3 Å². The van der Waals surface area contributed by atoms with Crippen LogP contribution in [-0.4, -0.2) is 20.6 Å². The average molecular weight is 330 g/mol. The quantitative estimate of drug-likeness (QED) is 0.686. The van der Waals surface area contributed by atoms with E-state index in [2.05, 4.69) is 10.4 Å². The maximum atomic E-state index is 12.6. The molecule has 1 unspecified atom stereocenters. The van der Waals surface area contributed by atoms with E-state index in [9.17, 15) is 14.9 Å². The van der Waals surface area contributed by atoms with Gasteiger partial charge in [0, 0.05) is 5.69 Å². The Morgan fingerprint density at radius 1 is 1.21 bits per heavy atom. The minimum atomic E-state index is -0.655. The van der Waals surface area contributed by atoms with Gasteiger partial charge in [-0.25, -0.2) is 0 Å². The molecule has 0 bridgehead atoms. The second kappa shape index (κ2) is 6.43. The minimum Gasteiger partial charge on any atom is -0.324 e. The van der Waals surface area contributed by atoms with Crippen molar-refractivity contribution in [2.24, 2.45) is 0 Å². The van der Waals surface area contributed by atoms with Gasteiger partial charge in [0.05, 0.1) is 4.92 Å². The van der Waals surface area contributed by atoms with E-state index in [-0.39, 0.29) is 11.6 Å². The van der Waals surface area contributed by atoms with Gasteiger partial charge in [0.25, 0.3) is 0 Å². The van der Waals surface area contributed by atoms with Crippen LogP contribution in [0.15, 0.2) is 12.1 Å². The van der Waals surface area contributed by atoms with Crippen LogP contribution in [0.5, 0.6) is 0 Å². The van der Waals surface area contributed by atoms with Gasteiger partial charge in [-0.05, 0) is 52.7 Å². The first kappa shape index (κ1) is 17.7. The molecule has 0 aliphatic rings. The first-order valence-corrected chi connectivity index (χ1v) is 7.72. The number of aromatic nitrogens is 2. The molecule has 0 aliphatic heterocycles. The highest BCUT2D eigenvalue weighted by atomic mass is 16.6. The minimum absolute atomic E-state index is 0.0441. The van der Waals surface area contributed by atoms with E-state index in [1.54, 1.807) is 20.8 Å². The Balaban J connectivity index is 2.32. The normalized spacial score (nSPS) is 12.1. The van der Waals surface area contributed by atoms with Crippen LogP contribution in [0.3, 0.4) is 0 Å². The number of nitro groups is 1. The van der Waals surface area contributed by atoms with Gasteiger partial charge in [0.1, 0.15) is 17.4 Å². The molecule has 0 aliphatic carbocycles. The van der Waals surface area contributed by atoms with Crippen molar-refractivity contribution in [1.29, 1.82) is 0 Å². The molecule has 0 saturated carbocycles. The lowest BCUT2D eigenvalue weighted by atomic mass is 10.0. The number of nitrogens with one attached hydrogen (secondary N) is 1. The van der Waals surface area contributed by atoms with Crippen LogP contribution >= 0.6 is 0 Å². The Morgan fingerprint density at radius 3 is 2.21 bits per heavy atom. The largest absolute Gasteiger partial charge is 0.324 e. The molecule has 7 nitrogen and oxygen atoms in total. The summed E-state index contributed by atoms with van der Waals surface area (Å²) in [5.41, 5.74) is 4.49. The number of benzene rings is 1. The molecule has 0 saturated heterocycles. The molecule has 128 valence electrons. The molecule has 24 heavy (non-hydrogen) atoms. The van der Waals surface area contributed by atoms with Crippen molar-refractivity contribution in [1.82, 2.24) is 9.78 Å². The van der Waals surface area contributed by atoms with Gasteiger partial charge in [0.15, 0.2) is 0 Å². The zero-order valence-corrected chi connectivity index (χ0v) is 14.8. The summed E-state index contributed by atoms with van der Waals surface area (Å²) in [7, 11) is 0. The number of aryl methyl sites for hydroxylation is 4. The van der Waals surface area contributed by atoms with Gasteiger partial charge in [-0.15, -0.1) is 0 Å². The van der Waals surface area contributed by atoms with Crippen molar-refractivity contribution < 1.29 is 9.72 Å². The van der Waals surface area contributed by atoms with Gasteiger partial charge < -0.3 is 5.32 Å². The van der Waals surface area contributed by atoms with Crippen LogP contribution in [0.1, 0.15) is 41.0 Å². The van der Waals surface area contributed by atoms with E-state index in [0.717, 1.165) is 22.4 Å². The van der Waals surface area contributed by atoms with E-state index in [1.165, 1.54) is 4.68 Å². The predicted octanol–water partition coefficient (Wildman–Crippen LogP) is 3.53. The molecule has 0 radical (unpaired) electrons. The van der Waals surface area contributed by atoms with Crippen LogP contribution in [0, 0.1) is 44.7 Å². The SMILES string of the molecule is Cc1cc(C)c(NC(=O)C(C)n2nc(C)c([N+](=O)[O-])c2C)c(C)c1. The average Bonchev–Trinajstić information content (AvgIpc) is 2.76. The third-order valence-electron chi connectivity index (χ3n) is 4.14. The third kappa shape index (κ3) is 3.15. The van der Waals surface area contributed by atoms with Crippen LogP contribution in [0.2, 0.25) is 0 Å². The lowest BCUT2D eigenvalue weighted by molar-refractivity contribution is -0.386. The molecule has 1 heterocycles. The standard InChI is InChI=1S/C17H22N4O3/c1-9-7-10(2)15(11(3)8-9)18-17(22)14(6)20-13(5)16(21(23)24)12(4)19-20/h7-8,14H,1-6H3,(H,18,22). The molecule has 7 heteroatoms. The maximum Gasteiger partial charge on any atom is 0.312 e. The maximum absolute atomic E-state index is 12.6. The van der Waals surface area contributed by atoms with Crippen molar-refractivity contribution in [2.45, 2.75) is 47.6 Å². The van der Waals surface area contributed by atoms with Crippen molar-refractivity contribution in [3.05, 3.63) is 50.3 Å². The molecule has 0 spiro atoms. The summed E-state index contributed by atoms with van der Waals surface area (Å²) < 4.78 is 1.40. The van der Waals surface area contributed by atoms with Crippen LogP contribution in [0.4, 0.5) is 11.4 Å². The molecule has 1 aromatic carbocycles. The lowest BCUT2D eigenvalue weighted by Crippen LogP contribution is -2.26. The molecule has 2 rings (SSSR count). The van der Waals surface area contributed by atoms with E-state index in [0.29, 0.717) is 11.4 Å². The molecule has 1 atom stereocenters. The number of hydrogen-bond donors (Lipinski definition) is 1. The van der Waals surface area contributed by atoms with Gasteiger partial charge >= 0.3 is 5.69 Å². The van der Waals surface area contributed by atoms with E-state index in [4.69, 9.17) is 0 Å². The summed E-state index contributed by atoms with van der Waals surface area (Å²) in [6.07, 6.45) is 0. The number of rotatable bonds is 4. The van der Waals surface area contributed by atoms with Crippen molar-refractivity contribution in [3.8, 4) is 0 Å². The second-order valence-electron chi connectivity index (χ2n) is 6.16. The summed E-state index contributed by atoms with van der Waals surface area (Å²) in [6, 6.07) is 3.35. The summed E-state index contributed by atoms with van der Waals surface area (Å²) in [5.74, 6) is -0.259. The molecule has 0 fully saturated rings. The highest BCUT2D eigenvalue weighted by Crippen LogP contribution is 2.26. The van der Waals surface area contributed by atoms with Crippen LogP contribution in [0.25, 0.3) is 0 Å². The zero-order chi connectivity index (χ0) is 18.2. The van der Waals surface area contributed by atoms with E-state index in [1.807, 2.05) is 32.9 Å². The number of carbonyl (C=O) groups is 1. The lowest BCUT2D eigenvalue weighted by Gasteiger charge is -2.17. The topological polar surface area (TPSA) is 90.1 Å². The third-order valence-corrected chi connectivity index (χ3v) is 4.14. The fraction of sp³-hybridized carbons (Fsp3) is 0.412. The molecule has 2 aromatic rings. The Labute approximate surface area is 140 Å². The number of hydrogen-bond acceptors (Lipinski definition) is 4. The van der Waals surface area contributed by atoms with Gasteiger partial charge in [-0.3, -0.25) is 19.6 Å². The Bertz CT molecular complexity index is 800. The van der Waals surface area contributed by atoms with E-state index < -0.39 is 11.0 Å². The number of anilines is 1. The van der Waals surface area contributed by atoms with E-state index >= 15 is 0 Å². The first-order valence-electron chi connectivity index (χ1n) is 7.72. The molecule has 1 N–H and O–H groups in total. The Hall–Kier alpha value is -2.70. The van der Waals surface area contributed by atoms with Crippen LogP contribution in [-0.2, 0) is 4.79 Å². The van der Waals surface area contributed by atoms with Gasteiger partial charge in [-0.1, -0.05) is 17.7 Å². The Kier molecular flexibility index (Phi) is 4.73. The summed E-state index contributed by atoms with van der Waals surface area (Å²) >= 11 is 0. The summed E-state index contributed by atoms with van der Waals surface area (Å²) in [5, 5.41) is 18.2. The number of nitrogens with zero attached hydrogens (tertiary/aromatic N) is 3. The van der Waals surface area contributed by atoms with Gasteiger partial charge in [0.2, 0.25) is 5.91 Å². The van der Waals surface area contributed by atoms with Gasteiger partial charge in [-0.2, -0.15) is 5.10 Å². The number of carbonyl (C=O) groups excluding carboxylic acids is 1. The highest BCUT2D eigenvalue weighted by molar-refractivity contribution is 5.95. The molecule has 1 amide bonds. The zero-order valence-electron chi connectivity index (χ0n) is 14.8. The summed E-state index contributed by atoms with van der Waals surface area (Å²) in [4.78, 5) is 23.3. The second-order valence-corrected chi connectivity index (χ2v) is 6.16. The summed E-state index contributed by atoms with van der Waals surface area (Å²) in [6.45, 7) is 10.7. The molecular formula is C17H22N4O3. The Morgan fingerprint density at radius 2 is 1.75 bits per heavy atom. The monoisotopic (exact) mass is 330 g/mol. The molecule has 1 aromatic heterocycles. The number of amides is 1. The fourth-order valence-corrected chi connectivity index (χ4v) is 3.01. The molecular weight excluding hydrogens is 308 g/mol. The fourth-order valence-electron chi connectivity index (χ4n) is 3.01.